The Labute approximate surface area is 138 Å². The van der Waals surface area contributed by atoms with E-state index >= 15 is 0 Å². The first-order valence-electron chi connectivity index (χ1n) is 7.42. The van der Waals surface area contributed by atoms with Crippen LogP contribution in [-0.2, 0) is 4.74 Å². The van der Waals surface area contributed by atoms with Gasteiger partial charge in [0.2, 0.25) is 0 Å². The molecule has 1 aromatic carbocycles. The van der Waals surface area contributed by atoms with Crippen LogP contribution in [0.15, 0.2) is 58.6 Å². The Morgan fingerprint density at radius 1 is 1.17 bits per heavy atom. The van der Waals surface area contributed by atoms with E-state index in [0.717, 1.165) is 5.56 Å². The van der Waals surface area contributed by atoms with Crippen LogP contribution in [0.25, 0.3) is 11.3 Å². The van der Waals surface area contributed by atoms with Crippen LogP contribution in [0.1, 0.15) is 30.0 Å². The van der Waals surface area contributed by atoms with E-state index < -0.39 is 0 Å². The van der Waals surface area contributed by atoms with Crippen molar-refractivity contribution >= 4 is 12.2 Å². The van der Waals surface area contributed by atoms with Crippen LogP contribution in [-0.4, -0.2) is 33.2 Å². The zero-order valence-electron chi connectivity index (χ0n) is 13.3. The largest absolute Gasteiger partial charge is 0.459 e. The minimum absolute atomic E-state index is 0.144. The molecule has 7 nitrogen and oxygen atoms in total. The molecule has 0 amide bonds. The number of hydrogen-bond acceptors (Lipinski definition) is 6. The second-order valence-corrected chi connectivity index (χ2v) is 5.32. The summed E-state index contributed by atoms with van der Waals surface area (Å²) in [4.78, 5) is 11.8. The van der Waals surface area contributed by atoms with Gasteiger partial charge in [-0.05, 0) is 38.1 Å². The second kappa shape index (κ2) is 6.91. The number of hydrogen-bond donors (Lipinski definition) is 0. The Kier molecular flexibility index (Phi) is 4.51. The van der Waals surface area contributed by atoms with Gasteiger partial charge < -0.3 is 9.15 Å². The second-order valence-electron chi connectivity index (χ2n) is 5.32. The highest BCUT2D eigenvalue weighted by molar-refractivity contribution is 5.90. The van der Waals surface area contributed by atoms with Crippen molar-refractivity contribution in [2.75, 3.05) is 0 Å². The smallest absolute Gasteiger partial charge is 0.338 e. The quantitative estimate of drug-likeness (QED) is 0.532. The molecular formula is C17H16N4O3. The summed E-state index contributed by atoms with van der Waals surface area (Å²) in [5.41, 5.74) is 1.37. The summed E-state index contributed by atoms with van der Waals surface area (Å²) in [7, 11) is 0. The molecule has 0 aliphatic rings. The first kappa shape index (κ1) is 15.7. The number of carbonyl (C=O) groups excluding carboxylic acids is 1. The summed E-state index contributed by atoms with van der Waals surface area (Å²) in [5.74, 6) is 0.948. The van der Waals surface area contributed by atoms with Gasteiger partial charge in [0.05, 0.1) is 17.9 Å². The van der Waals surface area contributed by atoms with Gasteiger partial charge >= 0.3 is 5.97 Å². The molecule has 0 saturated carbocycles. The van der Waals surface area contributed by atoms with Crippen LogP contribution in [0.5, 0.6) is 0 Å². The van der Waals surface area contributed by atoms with Gasteiger partial charge in [0.1, 0.15) is 24.2 Å². The molecule has 0 radical (unpaired) electrons. The highest BCUT2D eigenvalue weighted by atomic mass is 16.5. The van der Waals surface area contributed by atoms with E-state index in [4.69, 9.17) is 9.15 Å². The normalized spacial score (nSPS) is 11.3. The van der Waals surface area contributed by atoms with Crippen LogP contribution < -0.4 is 0 Å². The van der Waals surface area contributed by atoms with Gasteiger partial charge in [0.15, 0.2) is 0 Å². The number of esters is 1. The van der Waals surface area contributed by atoms with Gasteiger partial charge in [-0.25, -0.2) is 9.47 Å². The van der Waals surface area contributed by atoms with Gasteiger partial charge in [-0.3, -0.25) is 0 Å². The third-order valence-corrected chi connectivity index (χ3v) is 3.10. The predicted molar refractivity (Wildman–Crippen MR) is 87.7 cm³/mol. The highest BCUT2D eigenvalue weighted by Crippen LogP contribution is 2.22. The Balaban J connectivity index is 1.72. The Morgan fingerprint density at radius 3 is 2.54 bits per heavy atom. The van der Waals surface area contributed by atoms with E-state index in [9.17, 15) is 4.79 Å². The van der Waals surface area contributed by atoms with Crippen LogP contribution in [0, 0.1) is 0 Å². The van der Waals surface area contributed by atoms with Crippen molar-refractivity contribution in [1.29, 1.82) is 0 Å². The third kappa shape index (κ3) is 3.75. The molecule has 2 aromatic heterocycles. The topological polar surface area (TPSA) is 82.5 Å². The van der Waals surface area contributed by atoms with E-state index in [1.807, 2.05) is 38.1 Å². The standard InChI is InChI=1S/C17H16N4O3/c1-12(2)23-17(22)14-5-3-13(4-6-14)16-8-7-15(24-16)9-20-21-10-18-19-11-21/h3-12H,1-2H3/b20-9-. The summed E-state index contributed by atoms with van der Waals surface area (Å²) in [5, 5.41) is 11.4. The van der Waals surface area contributed by atoms with Crippen molar-refractivity contribution in [1.82, 2.24) is 14.9 Å². The Hall–Kier alpha value is -3.22. The van der Waals surface area contributed by atoms with E-state index in [-0.39, 0.29) is 12.1 Å². The van der Waals surface area contributed by atoms with Crippen molar-refractivity contribution in [3.05, 3.63) is 60.4 Å². The van der Waals surface area contributed by atoms with Crippen molar-refractivity contribution in [2.45, 2.75) is 20.0 Å². The number of ether oxygens (including phenoxy) is 1. The van der Waals surface area contributed by atoms with Crippen molar-refractivity contribution < 1.29 is 13.9 Å². The molecule has 3 aromatic rings. The van der Waals surface area contributed by atoms with E-state index in [2.05, 4.69) is 15.3 Å². The first-order chi connectivity index (χ1) is 11.6. The number of nitrogens with zero attached hydrogens (tertiary/aromatic N) is 4. The van der Waals surface area contributed by atoms with Crippen LogP contribution >= 0.6 is 0 Å². The minimum atomic E-state index is -0.335. The summed E-state index contributed by atoms with van der Waals surface area (Å²) in [6, 6.07) is 10.7. The van der Waals surface area contributed by atoms with Gasteiger partial charge in [-0.15, -0.1) is 10.2 Å². The SMILES string of the molecule is CC(C)OC(=O)c1ccc(-c2ccc(/C=N\n3cnnc3)o2)cc1. The van der Waals surface area contributed by atoms with Gasteiger partial charge in [-0.1, -0.05) is 12.1 Å². The fourth-order valence-corrected chi connectivity index (χ4v) is 2.01. The Morgan fingerprint density at radius 2 is 1.88 bits per heavy atom. The molecule has 24 heavy (non-hydrogen) atoms. The predicted octanol–water partition coefficient (Wildman–Crippen LogP) is 2.99. The van der Waals surface area contributed by atoms with Crippen molar-refractivity contribution in [3.8, 4) is 11.3 Å². The highest BCUT2D eigenvalue weighted by Gasteiger charge is 2.10. The maximum atomic E-state index is 11.8. The fraction of sp³-hybridized carbons (Fsp3) is 0.176. The molecule has 0 atom stereocenters. The molecule has 0 aliphatic carbocycles. The maximum Gasteiger partial charge on any atom is 0.338 e. The summed E-state index contributed by atoms with van der Waals surface area (Å²) < 4.78 is 12.3. The van der Waals surface area contributed by atoms with E-state index in [1.165, 1.54) is 17.3 Å². The molecule has 7 heteroatoms. The van der Waals surface area contributed by atoms with Crippen LogP contribution in [0.2, 0.25) is 0 Å². The lowest BCUT2D eigenvalue weighted by Gasteiger charge is -2.07. The summed E-state index contributed by atoms with van der Waals surface area (Å²) >= 11 is 0. The number of aromatic nitrogens is 3. The van der Waals surface area contributed by atoms with Crippen molar-refractivity contribution in [2.24, 2.45) is 5.10 Å². The molecule has 3 rings (SSSR count). The molecular weight excluding hydrogens is 308 g/mol. The molecule has 0 unspecified atom stereocenters. The molecule has 0 fully saturated rings. The number of carbonyl (C=O) groups is 1. The zero-order valence-corrected chi connectivity index (χ0v) is 13.3. The molecule has 0 saturated heterocycles. The molecule has 0 N–H and O–H groups in total. The maximum absolute atomic E-state index is 11.8. The van der Waals surface area contributed by atoms with E-state index in [0.29, 0.717) is 17.1 Å². The van der Waals surface area contributed by atoms with Crippen LogP contribution in [0.3, 0.4) is 0 Å². The van der Waals surface area contributed by atoms with Crippen molar-refractivity contribution in [3.63, 3.8) is 0 Å². The van der Waals surface area contributed by atoms with E-state index in [1.54, 1.807) is 18.3 Å². The zero-order chi connectivity index (χ0) is 16.9. The third-order valence-electron chi connectivity index (χ3n) is 3.10. The lowest BCUT2D eigenvalue weighted by molar-refractivity contribution is 0.0378. The Bertz CT molecular complexity index is 833. The average molecular weight is 324 g/mol. The average Bonchev–Trinajstić information content (AvgIpc) is 3.24. The number of rotatable bonds is 5. The monoisotopic (exact) mass is 324 g/mol. The van der Waals surface area contributed by atoms with Gasteiger partial charge in [0, 0.05) is 5.56 Å². The van der Waals surface area contributed by atoms with Gasteiger partial charge in [0.25, 0.3) is 0 Å². The van der Waals surface area contributed by atoms with Gasteiger partial charge in [-0.2, -0.15) is 5.10 Å². The molecule has 0 bridgehead atoms. The lowest BCUT2D eigenvalue weighted by Crippen LogP contribution is -2.11. The lowest BCUT2D eigenvalue weighted by atomic mass is 10.1. The minimum Gasteiger partial charge on any atom is -0.459 e. The molecule has 122 valence electrons. The molecule has 0 spiro atoms. The summed E-state index contributed by atoms with van der Waals surface area (Å²) in [6.45, 7) is 3.64. The molecule has 0 aliphatic heterocycles. The van der Waals surface area contributed by atoms with Crippen LogP contribution in [0.4, 0.5) is 0 Å². The first-order valence-corrected chi connectivity index (χ1v) is 7.42. The molecule has 2 heterocycles. The number of benzene rings is 1. The summed E-state index contributed by atoms with van der Waals surface area (Å²) in [6.07, 6.45) is 4.39. The fourth-order valence-electron chi connectivity index (χ4n) is 2.01. The number of furan rings is 1.